The van der Waals surface area contributed by atoms with Crippen molar-refractivity contribution < 1.29 is 4.79 Å². The number of rotatable bonds is 5. The molecule has 4 heteroatoms. The first-order valence-corrected chi connectivity index (χ1v) is 8.47. The van der Waals surface area contributed by atoms with E-state index in [1.165, 1.54) is 5.56 Å². The van der Waals surface area contributed by atoms with Gasteiger partial charge in [0.2, 0.25) is 5.91 Å². The van der Waals surface area contributed by atoms with E-state index >= 15 is 0 Å². The number of nitrogens with zero attached hydrogens (tertiary/aromatic N) is 2. The number of para-hydroxylation sites is 1. The minimum atomic E-state index is 0.0133. The van der Waals surface area contributed by atoms with E-state index in [-0.39, 0.29) is 5.91 Å². The van der Waals surface area contributed by atoms with Gasteiger partial charge in [0.15, 0.2) is 0 Å². The highest BCUT2D eigenvalue weighted by Gasteiger charge is 2.15. The van der Waals surface area contributed by atoms with Crippen molar-refractivity contribution in [2.24, 2.45) is 0 Å². The van der Waals surface area contributed by atoms with E-state index in [2.05, 4.69) is 29.5 Å². The van der Waals surface area contributed by atoms with Gasteiger partial charge in [-0.25, -0.2) is 4.68 Å². The smallest absolute Gasteiger partial charge is 0.224 e. The second kappa shape index (κ2) is 7.34. The van der Waals surface area contributed by atoms with Crippen molar-refractivity contribution in [2.75, 3.05) is 0 Å². The van der Waals surface area contributed by atoms with Gasteiger partial charge in [-0.3, -0.25) is 4.79 Å². The Bertz CT molecular complexity index is 864. The molecule has 3 aromatic rings. The second-order valence-corrected chi connectivity index (χ2v) is 6.34. The lowest BCUT2D eigenvalue weighted by atomic mass is 10.1. The summed E-state index contributed by atoms with van der Waals surface area (Å²) in [5.74, 6) is 0.0133. The van der Waals surface area contributed by atoms with Gasteiger partial charge in [0.25, 0.3) is 0 Å². The van der Waals surface area contributed by atoms with Crippen molar-refractivity contribution >= 4 is 5.91 Å². The zero-order valence-electron chi connectivity index (χ0n) is 14.9. The molecule has 0 fully saturated rings. The number of carbonyl (C=O) groups is 1. The summed E-state index contributed by atoms with van der Waals surface area (Å²) < 4.78 is 1.90. The van der Waals surface area contributed by atoms with E-state index in [1.807, 2.05) is 61.0 Å². The maximum atomic E-state index is 12.4. The molecule has 0 spiro atoms. The van der Waals surface area contributed by atoms with E-state index in [1.54, 1.807) is 0 Å². The van der Waals surface area contributed by atoms with Crippen LogP contribution in [0.5, 0.6) is 0 Å². The minimum Gasteiger partial charge on any atom is -0.352 e. The maximum absolute atomic E-state index is 12.4. The summed E-state index contributed by atoms with van der Waals surface area (Å²) >= 11 is 0. The molecular formula is C21H23N3O. The van der Waals surface area contributed by atoms with Gasteiger partial charge in [0.1, 0.15) is 0 Å². The molecule has 0 bridgehead atoms. The van der Waals surface area contributed by atoms with Gasteiger partial charge in [-0.2, -0.15) is 5.10 Å². The highest BCUT2D eigenvalue weighted by molar-refractivity contribution is 5.79. The van der Waals surface area contributed by atoms with Gasteiger partial charge >= 0.3 is 0 Å². The molecule has 0 aliphatic heterocycles. The van der Waals surface area contributed by atoms with Crippen molar-refractivity contribution in [3.8, 4) is 5.69 Å². The zero-order chi connectivity index (χ0) is 17.8. The van der Waals surface area contributed by atoms with Crippen LogP contribution in [0.1, 0.15) is 28.1 Å². The number of hydrogen-bond acceptors (Lipinski definition) is 2. The average molecular weight is 333 g/mol. The van der Waals surface area contributed by atoms with Crippen LogP contribution in [-0.4, -0.2) is 15.7 Å². The summed E-state index contributed by atoms with van der Waals surface area (Å²) in [5.41, 5.74) is 6.22. The monoisotopic (exact) mass is 333 g/mol. The highest BCUT2D eigenvalue weighted by Crippen LogP contribution is 2.18. The molecule has 128 valence electrons. The van der Waals surface area contributed by atoms with Gasteiger partial charge < -0.3 is 5.32 Å². The molecule has 0 aliphatic carbocycles. The van der Waals surface area contributed by atoms with Crippen LogP contribution in [0.25, 0.3) is 5.69 Å². The van der Waals surface area contributed by atoms with Crippen LogP contribution in [0.2, 0.25) is 0 Å². The van der Waals surface area contributed by atoms with Crippen molar-refractivity contribution in [3.05, 3.63) is 82.7 Å². The second-order valence-electron chi connectivity index (χ2n) is 6.34. The molecule has 25 heavy (non-hydrogen) atoms. The van der Waals surface area contributed by atoms with Crippen molar-refractivity contribution in [3.63, 3.8) is 0 Å². The van der Waals surface area contributed by atoms with Crippen molar-refractivity contribution in [1.82, 2.24) is 15.1 Å². The number of aryl methyl sites for hydroxylation is 2. The minimum absolute atomic E-state index is 0.0133. The van der Waals surface area contributed by atoms with E-state index in [4.69, 9.17) is 0 Å². The fourth-order valence-corrected chi connectivity index (χ4v) is 2.88. The average Bonchev–Trinajstić information content (AvgIpc) is 2.90. The van der Waals surface area contributed by atoms with Crippen LogP contribution in [0.15, 0.2) is 54.6 Å². The van der Waals surface area contributed by atoms with Gasteiger partial charge in [-0.05, 0) is 38.5 Å². The summed E-state index contributed by atoms with van der Waals surface area (Å²) in [4.78, 5) is 12.4. The van der Waals surface area contributed by atoms with Crippen LogP contribution in [0.3, 0.4) is 0 Å². The summed E-state index contributed by atoms with van der Waals surface area (Å²) in [5, 5.41) is 7.59. The molecule has 0 unspecified atom stereocenters. The molecule has 0 saturated carbocycles. The van der Waals surface area contributed by atoms with Crippen molar-refractivity contribution in [1.29, 1.82) is 0 Å². The summed E-state index contributed by atoms with van der Waals surface area (Å²) in [6.07, 6.45) is 0.344. The normalized spacial score (nSPS) is 10.7. The van der Waals surface area contributed by atoms with Crippen LogP contribution < -0.4 is 5.32 Å². The van der Waals surface area contributed by atoms with E-state index in [0.29, 0.717) is 13.0 Å². The molecule has 3 rings (SSSR count). The maximum Gasteiger partial charge on any atom is 0.224 e. The Labute approximate surface area is 148 Å². The van der Waals surface area contributed by atoms with Crippen LogP contribution in [0.4, 0.5) is 0 Å². The number of carbonyl (C=O) groups excluding carboxylic acids is 1. The predicted molar refractivity (Wildman–Crippen MR) is 99.8 cm³/mol. The number of aromatic nitrogens is 2. The van der Waals surface area contributed by atoms with Gasteiger partial charge in [-0.1, -0.05) is 48.0 Å². The fraction of sp³-hybridized carbons (Fsp3) is 0.238. The van der Waals surface area contributed by atoms with Crippen LogP contribution >= 0.6 is 0 Å². The fourth-order valence-electron chi connectivity index (χ4n) is 2.88. The van der Waals surface area contributed by atoms with Gasteiger partial charge in [0.05, 0.1) is 17.8 Å². The lowest BCUT2D eigenvalue weighted by Crippen LogP contribution is -2.25. The van der Waals surface area contributed by atoms with Gasteiger partial charge in [0, 0.05) is 17.8 Å². The Morgan fingerprint density at radius 3 is 2.36 bits per heavy atom. The number of benzene rings is 2. The van der Waals surface area contributed by atoms with Gasteiger partial charge in [-0.15, -0.1) is 0 Å². The third-order valence-corrected chi connectivity index (χ3v) is 4.39. The number of nitrogens with one attached hydrogen (secondary N) is 1. The Kier molecular flexibility index (Phi) is 4.98. The molecule has 0 atom stereocenters. The Hall–Kier alpha value is -2.88. The lowest BCUT2D eigenvalue weighted by molar-refractivity contribution is -0.120. The third kappa shape index (κ3) is 3.97. The predicted octanol–water partition coefficient (Wildman–Crippen LogP) is 3.66. The summed E-state index contributed by atoms with van der Waals surface area (Å²) in [6.45, 7) is 6.56. The number of hydrogen-bond donors (Lipinski definition) is 1. The van der Waals surface area contributed by atoms with Crippen LogP contribution in [-0.2, 0) is 17.8 Å². The third-order valence-electron chi connectivity index (χ3n) is 4.39. The molecule has 0 radical (unpaired) electrons. The highest BCUT2D eigenvalue weighted by atomic mass is 16.1. The Morgan fingerprint density at radius 2 is 1.68 bits per heavy atom. The molecule has 1 aromatic heterocycles. The van der Waals surface area contributed by atoms with E-state index in [0.717, 1.165) is 28.2 Å². The van der Waals surface area contributed by atoms with Crippen LogP contribution in [0, 0.1) is 20.8 Å². The largest absolute Gasteiger partial charge is 0.352 e. The molecule has 1 heterocycles. The molecule has 2 aromatic carbocycles. The lowest BCUT2D eigenvalue weighted by Gasteiger charge is -2.07. The van der Waals surface area contributed by atoms with Crippen molar-refractivity contribution in [2.45, 2.75) is 33.7 Å². The van der Waals surface area contributed by atoms with E-state index < -0.39 is 0 Å². The first kappa shape index (κ1) is 17.0. The first-order valence-electron chi connectivity index (χ1n) is 8.47. The topological polar surface area (TPSA) is 46.9 Å². The SMILES string of the molecule is Cc1ccc(CNC(=O)Cc2c(C)nn(-c3ccccc3)c2C)cc1. The standard InChI is InChI=1S/C21H23N3O/c1-15-9-11-18(12-10-15)14-22-21(25)13-20-16(2)23-24(17(20)3)19-7-5-4-6-8-19/h4-12H,13-14H2,1-3H3,(H,22,25). The molecule has 0 saturated heterocycles. The summed E-state index contributed by atoms with van der Waals surface area (Å²) in [7, 11) is 0. The van der Waals surface area contributed by atoms with E-state index in [9.17, 15) is 4.79 Å². The number of amides is 1. The molecule has 4 nitrogen and oxygen atoms in total. The Morgan fingerprint density at radius 1 is 1.00 bits per heavy atom. The first-order chi connectivity index (χ1) is 12.0. The Balaban J connectivity index is 1.69. The molecule has 1 N–H and O–H groups in total. The molecular weight excluding hydrogens is 310 g/mol. The quantitative estimate of drug-likeness (QED) is 0.774. The zero-order valence-corrected chi connectivity index (χ0v) is 14.9. The molecule has 1 amide bonds. The summed E-state index contributed by atoms with van der Waals surface area (Å²) in [6, 6.07) is 18.2. The molecule has 0 aliphatic rings.